The van der Waals surface area contributed by atoms with Crippen LogP contribution >= 0.6 is 11.6 Å². The van der Waals surface area contributed by atoms with Crippen molar-refractivity contribution in [3.63, 3.8) is 0 Å². The van der Waals surface area contributed by atoms with Crippen molar-refractivity contribution in [2.24, 2.45) is 5.16 Å². The first-order chi connectivity index (χ1) is 17.2. The predicted octanol–water partition coefficient (Wildman–Crippen LogP) is 5.65. The lowest BCUT2D eigenvalue weighted by Crippen LogP contribution is -2.44. The van der Waals surface area contributed by atoms with Gasteiger partial charge in [0, 0.05) is 6.54 Å². The van der Waals surface area contributed by atoms with E-state index in [0.717, 1.165) is 16.0 Å². The molecule has 1 heterocycles. The van der Waals surface area contributed by atoms with Crippen LogP contribution in [0.3, 0.4) is 0 Å². The van der Waals surface area contributed by atoms with Crippen molar-refractivity contribution in [3.05, 3.63) is 76.8 Å². The minimum atomic E-state index is -1.04. The van der Waals surface area contributed by atoms with Crippen molar-refractivity contribution >= 4 is 41.0 Å². The number of hydrogen-bond donors (Lipinski definition) is 1. The zero-order valence-corrected chi connectivity index (χ0v) is 21.1. The van der Waals surface area contributed by atoms with Gasteiger partial charge in [-0.15, -0.1) is 0 Å². The molecule has 1 aliphatic heterocycles. The topological polar surface area (TPSA) is 106 Å². The number of oxime groups is 1. The van der Waals surface area contributed by atoms with Gasteiger partial charge in [0.05, 0.1) is 29.1 Å². The number of allylic oxidation sites excluding steroid dienone is 4. The molecule has 0 aromatic heterocycles. The number of hydrogen-bond acceptors (Lipinski definition) is 6. The monoisotopic (exact) mass is 506 g/mol. The van der Waals surface area contributed by atoms with Crippen molar-refractivity contribution in [2.75, 3.05) is 18.1 Å². The lowest BCUT2D eigenvalue weighted by atomic mass is 10.0. The van der Waals surface area contributed by atoms with Crippen LogP contribution in [0.5, 0.6) is 5.75 Å². The van der Waals surface area contributed by atoms with E-state index in [1.807, 2.05) is 49.4 Å². The summed E-state index contributed by atoms with van der Waals surface area (Å²) in [6.07, 6.45) is 7.32. The average molecular weight is 507 g/mol. The standard InChI is InChI=1S/C27H27ClN4O4/c1-4-6-19(13-14-30-35)20-8-11-23(12-9-20)36-16-5-15-31-26(34)32(25(33)27(31,2)3)22-10-7-21(18-29)24(28)17-22/h4,6-14,17,35H,5,15-16H2,1-3H3/b6-4-,19-13+,30-14+. The van der Waals surface area contributed by atoms with Gasteiger partial charge in [-0.25, -0.2) is 9.69 Å². The van der Waals surface area contributed by atoms with Gasteiger partial charge < -0.3 is 14.8 Å². The fraction of sp³-hybridized carbons (Fsp3) is 0.259. The molecule has 0 bridgehead atoms. The minimum Gasteiger partial charge on any atom is -0.494 e. The van der Waals surface area contributed by atoms with E-state index >= 15 is 0 Å². The second-order valence-corrected chi connectivity index (χ2v) is 8.93. The van der Waals surface area contributed by atoms with Crippen LogP contribution in [0.4, 0.5) is 10.5 Å². The SMILES string of the molecule is C\C=C/C(=C\C=N\O)c1ccc(OCCCN2C(=O)N(c3ccc(C#N)c(Cl)c3)C(=O)C2(C)C)cc1. The Hall–Kier alpha value is -4.09. The van der Waals surface area contributed by atoms with Gasteiger partial charge in [0.25, 0.3) is 5.91 Å². The van der Waals surface area contributed by atoms with Crippen LogP contribution in [-0.2, 0) is 4.79 Å². The maximum atomic E-state index is 13.1. The zero-order chi connectivity index (χ0) is 26.3. The molecule has 1 fully saturated rings. The predicted molar refractivity (Wildman–Crippen MR) is 139 cm³/mol. The number of nitrogens with zero attached hydrogens (tertiary/aromatic N) is 4. The molecule has 2 aromatic rings. The quantitative estimate of drug-likeness (QED) is 0.118. The molecule has 0 spiro atoms. The number of carbonyl (C=O) groups excluding carboxylic acids is 2. The molecule has 1 saturated heterocycles. The third-order valence-electron chi connectivity index (χ3n) is 5.80. The van der Waals surface area contributed by atoms with E-state index in [-0.39, 0.29) is 16.5 Å². The van der Waals surface area contributed by atoms with Gasteiger partial charge in [-0.3, -0.25) is 4.79 Å². The van der Waals surface area contributed by atoms with Gasteiger partial charge in [0.2, 0.25) is 0 Å². The molecule has 1 aliphatic rings. The lowest BCUT2D eigenvalue weighted by molar-refractivity contribution is -0.123. The van der Waals surface area contributed by atoms with E-state index < -0.39 is 11.6 Å². The number of amides is 3. The Bertz CT molecular complexity index is 1260. The number of rotatable bonds is 9. The molecular weight excluding hydrogens is 480 g/mol. The number of ether oxygens (including phenoxy) is 1. The molecule has 1 N–H and O–H groups in total. The lowest BCUT2D eigenvalue weighted by Gasteiger charge is -2.27. The van der Waals surface area contributed by atoms with Gasteiger partial charge in [0.15, 0.2) is 0 Å². The van der Waals surface area contributed by atoms with Gasteiger partial charge >= 0.3 is 6.03 Å². The van der Waals surface area contributed by atoms with E-state index in [1.165, 1.54) is 23.2 Å². The van der Waals surface area contributed by atoms with Gasteiger partial charge in [0.1, 0.15) is 17.4 Å². The molecule has 0 unspecified atom stereocenters. The highest BCUT2D eigenvalue weighted by atomic mass is 35.5. The number of nitriles is 1. The van der Waals surface area contributed by atoms with Crippen molar-refractivity contribution in [1.82, 2.24) is 4.90 Å². The highest BCUT2D eigenvalue weighted by Crippen LogP contribution is 2.34. The van der Waals surface area contributed by atoms with Crippen LogP contribution in [-0.4, -0.2) is 47.0 Å². The highest BCUT2D eigenvalue weighted by Gasteiger charge is 2.51. The minimum absolute atomic E-state index is 0.182. The highest BCUT2D eigenvalue weighted by molar-refractivity contribution is 6.32. The molecule has 9 heteroatoms. The smallest absolute Gasteiger partial charge is 0.332 e. The Morgan fingerprint density at radius 2 is 1.94 bits per heavy atom. The number of benzene rings is 2. The number of carbonyl (C=O) groups is 2. The molecule has 2 aromatic carbocycles. The Balaban J connectivity index is 1.62. The molecule has 0 radical (unpaired) electrons. The summed E-state index contributed by atoms with van der Waals surface area (Å²) >= 11 is 6.11. The van der Waals surface area contributed by atoms with E-state index in [1.54, 1.807) is 26.0 Å². The summed E-state index contributed by atoms with van der Waals surface area (Å²) in [6, 6.07) is 13.5. The van der Waals surface area contributed by atoms with E-state index in [4.69, 9.17) is 26.8 Å². The van der Waals surface area contributed by atoms with Crippen LogP contribution in [0.15, 0.2) is 65.8 Å². The Morgan fingerprint density at radius 1 is 1.22 bits per heavy atom. The number of anilines is 1. The Kier molecular flexibility index (Phi) is 8.51. The first kappa shape index (κ1) is 26.5. The Labute approximate surface area is 215 Å². The molecule has 0 saturated carbocycles. The average Bonchev–Trinajstić information content (AvgIpc) is 3.03. The summed E-state index contributed by atoms with van der Waals surface area (Å²) in [5, 5.41) is 20.9. The third kappa shape index (κ3) is 5.58. The fourth-order valence-electron chi connectivity index (χ4n) is 3.87. The molecule has 8 nitrogen and oxygen atoms in total. The first-order valence-corrected chi connectivity index (χ1v) is 11.7. The third-order valence-corrected chi connectivity index (χ3v) is 6.12. The number of urea groups is 1. The van der Waals surface area contributed by atoms with Crippen LogP contribution in [0.25, 0.3) is 5.57 Å². The number of halogens is 1. The normalized spacial score (nSPS) is 15.8. The summed E-state index contributed by atoms with van der Waals surface area (Å²) in [5.41, 5.74) is 1.39. The second kappa shape index (κ2) is 11.6. The largest absolute Gasteiger partial charge is 0.494 e. The maximum Gasteiger partial charge on any atom is 0.332 e. The van der Waals surface area contributed by atoms with Crippen molar-refractivity contribution in [3.8, 4) is 11.8 Å². The molecule has 36 heavy (non-hydrogen) atoms. The van der Waals surface area contributed by atoms with Crippen molar-refractivity contribution < 1.29 is 19.5 Å². The number of imide groups is 1. The fourth-order valence-corrected chi connectivity index (χ4v) is 4.09. The van der Waals surface area contributed by atoms with Crippen LogP contribution in [0.1, 0.15) is 38.3 Å². The molecule has 3 amide bonds. The zero-order valence-electron chi connectivity index (χ0n) is 20.3. The molecule has 0 aliphatic carbocycles. The molecule has 0 atom stereocenters. The Morgan fingerprint density at radius 3 is 2.56 bits per heavy atom. The van der Waals surface area contributed by atoms with E-state index in [2.05, 4.69) is 5.16 Å². The van der Waals surface area contributed by atoms with Crippen molar-refractivity contribution in [2.45, 2.75) is 32.7 Å². The first-order valence-electron chi connectivity index (χ1n) is 11.3. The van der Waals surface area contributed by atoms with Gasteiger partial charge in [-0.1, -0.05) is 41.0 Å². The summed E-state index contributed by atoms with van der Waals surface area (Å²) in [5.74, 6) is 0.312. The van der Waals surface area contributed by atoms with Gasteiger partial charge in [-0.2, -0.15) is 5.26 Å². The van der Waals surface area contributed by atoms with Crippen LogP contribution in [0.2, 0.25) is 5.02 Å². The molecular formula is C27H27ClN4O4. The van der Waals surface area contributed by atoms with Crippen LogP contribution in [0, 0.1) is 11.3 Å². The summed E-state index contributed by atoms with van der Waals surface area (Å²) < 4.78 is 5.84. The van der Waals surface area contributed by atoms with Crippen molar-refractivity contribution in [1.29, 1.82) is 5.26 Å². The summed E-state index contributed by atoms with van der Waals surface area (Å²) in [4.78, 5) is 28.8. The van der Waals surface area contributed by atoms with E-state index in [0.29, 0.717) is 31.0 Å². The maximum absolute atomic E-state index is 13.1. The second-order valence-electron chi connectivity index (χ2n) is 8.52. The van der Waals surface area contributed by atoms with Gasteiger partial charge in [-0.05, 0) is 74.7 Å². The van der Waals surface area contributed by atoms with Crippen LogP contribution < -0.4 is 9.64 Å². The summed E-state index contributed by atoms with van der Waals surface area (Å²) in [7, 11) is 0. The molecule has 3 rings (SSSR count). The summed E-state index contributed by atoms with van der Waals surface area (Å²) in [6.45, 7) is 5.99. The molecule has 186 valence electrons. The van der Waals surface area contributed by atoms with E-state index in [9.17, 15) is 9.59 Å².